The van der Waals surface area contributed by atoms with E-state index in [1.165, 1.54) is 0 Å². The molecule has 2 aliphatic rings. The van der Waals surface area contributed by atoms with E-state index in [1.54, 1.807) is 18.1 Å². The first kappa shape index (κ1) is 17.8. The Labute approximate surface area is 157 Å². The molecule has 144 valence electrons. The van der Waals surface area contributed by atoms with Crippen molar-refractivity contribution in [1.82, 2.24) is 14.9 Å². The lowest BCUT2D eigenvalue weighted by Gasteiger charge is -2.26. The Morgan fingerprint density at radius 3 is 2.89 bits per heavy atom. The number of carbonyl (C=O) groups excluding carboxylic acids is 1. The number of hydrogen-bond acceptors (Lipinski definition) is 7. The summed E-state index contributed by atoms with van der Waals surface area (Å²) in [5.41, 5.74) is 0.799. The van der Waals surface area contributed by atoms with Crippen molar-refractivity contribution in [3.8, 4) is 5.75 Å². The quantitative estimate of drug-likeness (QED) is 0.830. The standard InChI is InChI=1S/C19H24N4O4/c1-23-14(11-27-19(23)25)10-26-16-7-2-12-9-20-18(22-17(12)8-16)21-13-3-5-15(24)6-4-13/h2,7-9,13-15,24H,3-6,10-11H2,1H3,(H,20,21,22). The number of likely N-dealkylation sites (N-methyl/N-ethyl adjacent to an activating group) is 1. The second-order valence-electron chi connectivity index (χ2n) is 7.22. The van der Waals surface area contributed by atoms with Crippen molar-refractivity contribution >= 4 is 22.9 Å². The number of anilines is 1. The zero-order valence-electron chi connectivity index (χ0n) is 15.3. The van der Waals surface area contributed by atoms with Crippen LogP contribution in [-0.4, -0.2) is 64.5 Å². The van der Waals surface area contributed by atoms with Crippen LogP contribution < -0.4 is 10.1 Å². The van der Waals surface area contributed by atoms with Gasteiger partial charge >= 0.3 is 6.09 Å². The van der Waals surface area contributed by atoms with Crippen LogP contribution in [0.5, 0.6) is 5.75 Å². The lowest BCUT2D eigenvalue weighted by Crippen LogP contribution is -2.34. The topological polar surface area (TPSA) is 96.8 Å². The molecule has 1 atom stereocenters. The molecule has 2 fully saturated rings. The number of ether oxygens (including phenoxy) is 2. The highest BCUT2D eigenvalue weighted by molar-refractivity contribution is 5.80. The van der Waals surface area contributed by atoms with E-state index in [0.29, 0.717) is 31.0 Å². The maximum atomic E-state index is 11.4. The van der Waals surface area contributed by atoms with Gasteiger partial charge in [0.25, 0.3) is 0 Å². The first-order chi connectivity index (χ1) is 13.1. The van der Waals surface area contributed by atoms with Crippen LogP contribution in [0.15, 0.2) is 24.4 Å². The molecule has 1 unspecified atom stereocenters. The fourth-order valence-electron chi connectivity index (χ4n) is 3.45. The normalized spacial score (nSPS) is 25.5. The van der Waals surface area contributed by atoms with Gasteiger partial charge in [0.2, 0.25) is 5.95 Å². The lowest BCUT2D eigenvalue weighted by atomic mass is 9.93. The fraction of sp³-hybridized carbons (Fsp3) is 0.526. The molecule has 2 N–H and O–H groups in total. The molecule has 1 saturated carbocycles. The molecule has 1 aliphatic heterocycles. The van der Waals surface area contributed by atoms with E-state index in [9.17, 15) is 9.90 Å². The predicted molar refractivity (Wildman–Crippen MR) is 99.8 cm³/mol. The van der Waals surface area contributed by atoms with Crippen molar-refractivity contribution in [2.24, 2.45) is 0 Å². The molecule has 0 bridgehead atoms. The highest BCUT2D eigenvalue weighted by atomic mass is 16.6. The Kier molecular flexibility index (Phi) is 4.98. The van der Waals surface area contributed by atoms with Crippen molar-refractivity contribution < 1.29 is 19.4 Å². The molecule has 2 aromatic rings. The Balaban J connectivity index is 1.42. The van der Waals surface area contributed by atoms with Gasteiger partial charge in [-0.25, -0.2) is 14.8 Å². The maximum Gasteiger partial charge on any atom is 0.410 e. The smallest absolute Gasteiger partial charge is 0.410 e. The van der Waals surface area contributed by atoms with Gasteiger partial charge in [0.15, 0.2) is 0 Å². The average Bonchev–Trinajstić information content (AvgIpc) is 3.00. The minimum Gasteiger partial charge on any atom is -0.491 e. The summed E-state index contributed by atoms with van der Waals surface area (Å²) in [7, 11) is 1.71. The fourth-order valence-corrected chi connectivity index (χ4v) is 3.45. The summed E-state index contributed by atoms with van der Waals surface area (Å²) in [5.74, 6) is 1.29. The van der Waals surface area contributed by atoms with Crippen molar-refractivity contribution in [3.05, 3.63) is 24.4 Å². The number of carbonyl (C=O) groups is 1. The molecular formula is C19H24N4O4. The number of aliphatic hydroxyl groups is 1. The van der Waals surface area contributed by atoms with Crippen LogP contribution in [-0.2, 0) is 4.74 Å². The van der Waals surface area contributed by atoms with Gasteiger partial charge in [-0.05, 0) is 37.8 Å². The number of aromatic nitrogens is 2. The maximum absolute atomic E-state index is 11.4. The zero-order valence-corrected chi connectivity index (χ0v) is 15.3. The molecule has 1 aromatic carbocycles. The Morgan fingerprint density at radius 1 is 1.33 bits per heavy atom. The number of aliphatic hydroxyl groups excluding tert-OH is 1. The van der Waals surface area contributed by atoms with E-state index >= 15 is 0 Å². The summed E-state index contributed by atoms with van der Waals surface area (Å²) in [6, 6.07) is 5.88. The summed E-state index contributed by atoms with van der Waals surface area (Å²) in [6.45, 7) is 0.712. The van der Waals surface area contributed by atoms with Crippen molar-refractivity contribution in [1.29, 1.82) is 0 Å². The molecule has 1 aliphatic carbocycles. The highest BCUT2D eigenvalue weighted by Gasteiger charge is 2.30. The van der Waals surface area contributed by atoms with Crippen LogP contribution in [0, 0.1) is 0 Å². The van der Waals surface area contributed by atoms with Crippen molar-refractivity contribution in [3.63, 3.8) is 0 Å². The molecule has 0 radical (unpaired) electrons. The first-order valence-corrected chi connectivity index (χ1v) is 9.32. The Morgan fingerprint density at radius 2 is 2.15 bits per heavy atom. The van der Waals surface area contributed by atoms with Crippen LogP contribution in [0.3, 0.4) is 0 Å². The second kappa shape index (κ2) is 7.56. The number of cyclic esters (lactones) is 1. The molecule has 2 heterocycles. The molecule has 0 spiro atoms. The van der Waals surface area contributed by atoms with E-state index in [0.717, 1.165) is 36.6 Å². The van der Waals surface area contributed by atoms with E-state index in [4.69, 9.17) is 9.47 Å². The minimum atomic E-state index is -0.319. The third-order valence-electron chi connectivity index (χ3n) is 5.26. The number of fused-ring (bicyclic) bond motifs is 1. The number of benzene rings is 1. The van der Waals surface area contributed by atoms with Gasteiger partial charge in [0, 0.05) is 30.7 Å². The van der Waals surface area contributed by atoms with E-state index in [-0.39, 0.29) is 18.2 Å². The predicted octanol–water partition coefficient (Wildman–Crippen LogP) is 2.17. The van der Waals surface area contributed by atoms with Gasteiger partial charge in [0.05, 0.1) is 11.6 Å². The van der Waals surface area contributed by atoms with Gasteiger partial charge in [-0.2, -0.15) is 0 Å². The minimum absolute atomic E-state index is 0.0857. The average molecular weight is 372 g/mol. The van der Waals surface area contributed by atoms with E-state index in [2.05, 4.69) is 15.3 Å². The molecule has 1 saturated heterocycles. The molecule has 1 amide bonds. The van der Waals surface area contributed by atoms with Gasteiger partial charge in [-0.3, -0.25) is 0 Å². The van der Waals surface area contributed by atoms with Gasteiger partial charge in [-0.15, -0.1) is 0 Å². The summed E-state index contributed by atoms with van der Waals surface area (Å²) in [4.78, 5) is 21.9. The zero-order chi connectivity index (χ0) is 18.8. The Hall–Kier alpha value is -2.61. The number of nitrogens with zero attached hydrogens (tertiary/aromatic N) is 3. The SMILES string of the molecule is CN1C(=O)OCC1COc1ccc2cnc(NC3CCC(O)CC3)nc2c1. The second-order valence-corrected chi connectivity index (χ2v) is 7.22. The number of nitrogens with one attached hydrogen (secondary N) is 1. The third kappa shape index (κ3) is 4.05. The van der Waals surface area contributed by atoms with E-state index < -0.39 is 0 Å². The van der Waals surface area contributed by atoms with Crippen LogP contribution in [0.1, 0.15) is 25.7 Å². The molecule has 27 heavy (non-hydrogen) atoms. The van der Waals surface area contributed by atoms with Gasteiger partial charge in [0.1, 0.15) is 25.0 Å². The van der Waals surface area contributed by atoms with Gasteiger partial charge < -0.3 is 24.8 Å². The highest BCUT2D eigenvalue weighted by Crippen LogP contribution is 2.24. The van der Waals surface area contributed by atoms with Crippen LogP contribution in [0.25, 0.3) is 10.9 Å². The summed E-state index contributed by atoms with van der Waals surface area (Å²) in [5, 5.41) is 13.9. The number of amides is 1. The van der Waals surface area contributed by atoms with Crippen LogP contribution in [0.2, 0.25) is 0 Å². The molecular weight excluding hydrogens is 348 g/mol. The van der Waals surface area contributed by atoms with Crippen LogP contribution in [0.4, 0.5) is 10.7 Å². The molecule has 4 rings (SSSR count). The van der Waals surface area contributed by atoms with E-state index in [1.807, 2.05) is 18.2 Å². The number of hydrogen-bond donors (Lipinski definition) is 2. The monoisotopic (exact) mass is 372 g/mol. The van der Waals surface area contributed by atoms with Crippen molar-refractivity contribution in [2.45, 2.75) is 43.9 Å². The molecule has 1 aromatic heterocycles. The summed E-state index contributed by atoms with van der Waals surface area (Å²) < 4.78 is 10.8. The first-order valence-electron chi connectivity index (χ1n) is 9.32. The summed E-state index contributed by atoms with van der Waals surface area (Å²) in [6.07, 6.45) is 4.75. The molecule has 8 heteroatoms. The van der Waals surface area contributed by atoms with Crippen molar-refractivity contribution in [2.75, 3.05) is 25.6 Å². The third-order valence-corrected chi connectivity index (χ3v) is 5.26. The van der Waals surface area contributed by atoms with Gasteiger partial charge in [-0.1, -0.05) is 0 Å². The molecule has 8 nitrogen and oxygen atoms in total. The summed E-state index contributed by atoms with van der Waals surface area (Å²) >= 11 is 0. The largest absolute Gasteiger partial charge is 0.491 e. The number of rotatable bonds is 5. The van der Waals surface area contributed by atoms with Crippen LogP contribution >= 0.6 is 0 Å². The lowest BCUT2D eigenvalue weighted by molar-refractivity contribution is 0.126. The Bertz CT molecular complexity index is 822.